The normalized spacial score (nSPS) is 34.1. The zero-order valence-electron chi connectivity index (χ0n) is 11.0. The molecule has 1 fully saturated rings. The van der Waals surface area contributed by atoms with E-state index in [2.05, 4.69) is 0 Å². The Labute approximate surface area is 122 Å². The van der Waals surface area contributed by atoms with Gasteiger partial charge in [0.25, 0.3) is 0 Å². The Balaban J connectivity index is 1.85. The van der Waals surface area contributed by atoms with Crippen molar-refractivity contribution >= 4 is 11.8 Å². The van der Waals surface area contributed by atoms with Crippen LogP contribution in [0.3, 0.4) is 0 Å². The Hall–Kier alpha value is -0.630. The van der Waals surface area contributed by atoms with Gasteiger partial charge in [0.15, 0.2) is 0 Å². The fourth-order valence-electron chi connectivity index (χ4n) is 2.14. The van der Waals surface area contributed by atoms with Crippen LogP contribution in [0.1, 0.15) is 5.56 Å². The first-order valence-electron chi connectivity index (χ1n) is 6.59. The minimum absolute atomic E-state index is 0.388. The summed E-state index contributed by atoms with van der Waals surface area (Å²) in [5.74, 6) is 0.715. The highest BCUT2D eigenvalue weighted by Crippen LogP contribution is 2.28. The van der Waals surface area contributed by atoms with Crippen molar-refractivity contribution in [3.05, 3.63) is 35.9 Å². The van der Waals surface area contributed by atoms with E-state index in [0.717, 1.165) is 6.42 Å². The molecule has 0 bridgehead atoms. The van der Waals surface area contributed by atoms with E-state index >= 15 is 0 Å². The molecule has 0 saturated carbocycles. The molecule has 1 aliphatic rings. The van der Waals surface area contributed by atoms with Crippen molar-refractivity contribution < 1.29 is 25.2 Å². The molecular formula is C14H20O5S. The van der Waals surface area contributed by atoms with Gasteiger partial charge < -0.3 is 25.2 Å². The molecule has 0 spiro atoms. The summed E-state index contributed by atoms with van der Waals surface area (Å²) < 4.78 is 5.42. The van der Waals surface area contributed by atoms with Gasteiger partial charge in [-0.3, -0.25) is 0 Å². The van der Waals surface area contributed by atoms with Gasteiger partial charge in [-0.2, -0.15) is 0 Å². The van der Waals surface area contributed by atoms with Crippen molar-refractivity contribution in [3.8, 4) is 0 Å². The molecule has 1 aromatic rings. The van der Waals surface area contributed by atoms with Gasteiger partial charge in [-0.15, -0.1) is 11.8 Å². The third-order valence-electron chi connectivity index (χ3n) is 3.36. The average Bonchev–Trinajstić information content (AvgIpc) is 2.48. The van der Waals surface area contributed by atoms with E-state index in [4.69, 9.17) is 9.84 Å². The maximum absolute atomic E-state index is 9.88. The second kappa shape index (κ2) is 7.40. The molecule has 6 heteroatoms. The second-order valence-electron chi connectivity index (χ2n) is 4.80. The van der Waals surface area contributed by atoms with Gasteiger partial charge in [0.2, 0.25) is 0 Å². The van der Waals surface area contributed by atoms with E-state index in [1.54, 1.807) is 0 Å². The Morgan fingerprint density at radius 3 is 2.35 bits per heavy atom. The van der Waals surface area contributed by atoms with Gasteiger partial charge in [-0.1, -0.05) is 30.3 Å². The van der Waals surface area contributed by atoms with Crippen LogP contribution in [0.4, 0.5) is 0 Å². The summed E-state index contributed by atoms with van der Waals surface area (Å²) in [4.78, 5) is 0. The fraction of sp³-hybridized carbons (Fsp3) is 0.571. The Morgan fingerprint density at radius 2 is 1.70 bits per heavy atom. The summed E-state index contributed by atoms with van der Waals surface area (Å²) in [5, 5.41) is 38.3. The maximum atomic E-state index is 9.88. The van der Waals surface area contributed by atoms with Crippen molar-refractivity contribution in [2.45, 2.75) is 36.3 Å². The lowest BCUT2D eigenvalue weighted by Gasteiger charge is -2.39. The lowest BCUT2D eigenvalue weighted by Crippen LogP contribution is -2.57. The third-order valence-corrected chi connectivity index (χ3v) is 4.52. The number of aliphatic hydroxyl groups excluding tert-OH is 4. The van der Waals surface area contributed by atoms with Crippen molar-refractivity contribution in [1.82, 2.24) is 0 Å². The van der Waals surface area contributed by atoms with Gasteiger partial charge in [-0.25, -0.2) is 0 Å². The number of benzene rings is 1. The lowest BCUT2D eigenvalue weighted by molar-refractivity contribution is -0.205. The predicted molar refractivity (Wildman–Crippen MR) is 76.4 cm³/mol. The van der Waals surface area contributed by atoms with Crippen LogP contribution in [0.2, 0.25) is 0 Å². The predicted octanol–water partition coefficient (Wildman–Crippen LogP) is -0.238. The number of ether oxygens (including phenoxy) is 1. The molecule has 0 amide bonds. The minimum Gasteiger partial charge on any atom is -0.394 e. The van der Waals surface area contributed by atoms with E-state index in [1.807, 2.05) is 30.3 Å². The monoisotopic (exact) mass is 300 g/mol. The minimum atomic E-state index is -1.30. The molecule has 1 heterocycles. The summed E-state index contributed by atoms with van der Waals surface area (Å²) in [7, 11) is 0. The average molecular weight is 300 g/mol. The number of thioether (sulfide) groups is 1. The third kappa shape index (κ3) is 3.72. The van der Waals surface area contributed by atoms with Crippen molar-refractivity contribution in [2.24, 2.45) is 0 Å². The molecule has 5 atom stereocenters. The largest absolute Gasteiger partial charge is 0.394 e. The number of rotatable bonds is 5. The first-order chi connectivity index (χ1) is 9.63. The van der Waals surface area contributed by atoms with E-state index in [9.17, 15) is 15.3 Å². The lowest BCUT2D eigenvalue weighted by atomic mass is 10.0. The molecule has 1 aliphatic heterocycles. The van der Waals surface area contributed by atoms with Gasteiger partial charge in [-0.05, 0) is 17.7 Å². The van der Waals surface area contributed by atoms with Crippen LogP contribution in [0.15, 0.2) is 30.3 Å². The number of hydrogen-bond donors (Lipinski definition) is 4. The first-order valence-corrected chi connectivity index (χ1v) is 7.64. The van der Waals surface area contributed by atoms with Crippen LogP contribution < -0.4 is 0 Å². The molecule has 2 rings (SSSR count). The Kier molecular flexibility index (Phi) is 5.83. The van der Waals surface area contributed by atoms with E-state index in [0.29, 0.717) is 5.75 Å². The van der Waals surface area contributed by atoms with E-state index in [1.165, 1.54) is 17.3 Å². The van der Waals surface area contributed by atoms with Crippen LogP contribution in [0, 0.1) is 0 Å². The highest BCUT2D eigenvalue weighted by Gasteiger charge is 2.43. The molecule has 0 radical (unpaired) electrons. The van der Waals surface area contributed by atoms with Crippen molar-refractivity contribution in [3.63, 3.8) is 0 Å². The molecule has 0 unspecified atom stereocenters. The number of hydrogen-bond acceptors (Lipinski definition) is 6. The van der Waals surface area contributed by atoms with Crippen molar-refractivity contribution in [2.75, 3.05) is 12.4 Å². The van der Waals surface area contributed by atoms with Gasteiger partial charge >= 0.3 is 0 Å². The van der Waals surface area contributed by atoms with Crippen LogP contribution >= 0.6 is 11.8 Å². The van der Waals surface area contributed by atoms with E-state index < -0.39 is 29.9 Å². The Morgan fingerprint density at radius 1 is 1.00 bits per heavy atom. The standard InChI is InChI=1S/C14H20O5S/c15-8-10-11(16)12(17)13(18)14(19-10)20-7-6-9-4-2-1-3-5-9/h1-5,10-18H,6-8H2/t10-,11+,12-,13-,14+/m1/s1. The van der Waals surface area contributed by atoms with Crippen LogP contribution in [-0.2, 0) is 11.2 Å². The molecule has 0 aromatic heterocycles. The second-order valence-corrected chi connectivity index (χ2v) is 6.01. The summed E-state index contributed by atoms with van der Waals surface area (Å²) in [6, 6.07) is 9.93. The summed E-state index contributed by atoms with van der Waals surface area (Å²) in [5.41, 5.74) is 0.541. The number of aliphatic hydroxyl groups is 4. The fourth-order valence-corrected chi connectivity index (χ4v) is 3.31. The SMILES string of the molecule is OC[C@H]1O[C@@H](SCCc2ccccc2)[C@H](O)[C@H](O)[C@H]1O. The van der Waals surface area contributed by atoms with Gasteiger partial charge in [0.05, 0.1) is 6.61 Å². The zero-order valence-corrected chi connectivity index (χ0v) is 11.8. The molecule has 0 aliphatic carbocycles. The zero-order chi connectivity index (χ0) is 14.5. The van der Waals surface area contributed by atoms with Gasteiger partial charge in [0.1, 0.15) is 29.9 Å². The molecule has 112 valence electrons. The Bertz CT molecular complexity index is 400. The van der Waals surface area contributed by atoms with Crippen LogP contribution in [0.25, 0.3) is 0 Å². The first kappa shape index (κ1) is 15.8. The van der Waals surface area contributed by atoms with E-state index in [-0.39, 0.29) is 6.61 Å². The molecule has 1 aromatic carbocycles. The quantitative estimate of drug-likeness (QED) is 0.600. The highest BCUT2D eigenvalue weighted by molar-refractivity contribution is 7.99. The molecule has 4 N–H and O–H groups in total. The summed E-state index contributed by atoms with van der Waals surface area (Å²) >= 11 is 1.37. The molecular weight excluding hydrogens is 280 g/mol. The van der Waals surface area contributed by atoms with Crippen LogP contribution in [0.5, 0.6) is 0 Å². The molecule has 20 heavy (non-hydrogen) atoms. The van der Waals surface area contributed by atoms with Gasteiger partial charge in [0, 0.05) is 0 Å². The molecule has 1 saturated heterocycles. The van der Waals surface area contributed by atoms with Crippen LogP contribution in [-0.4, -0.2) is 62.6 Å². The topological polar surface area (TPSA) is 90.2 Å². The summed E-state index contributed by atoms with van der Waals surface area (Å²) in [6.07, 6.45) is -3.76. The highest BCUT2D eigenvalue weighted by atomic mass is 32.2. The maximum Gasteiger partial charge on any atom is 0.132 e. The van der Waals surface area contributed by atoms with Crippen molar-refractivity contribution in [1.29, 1.82) is 0 Å². The molecule has 5 nitrogen and oxygen atoms in total. The number of aryl methyl sites for hydroxylation is 1. The summed E-state index contributed by atoms with van der Waals surface area (Å²) in [6.45, 7) is -0.388. The smallest absolute Gasteiger partial charge is 0.132 e.